The van der Waals surface area contributed by atoms with Gasteiger partial charge in [-0.1, -0.05) is 23.7 Å². The van der Waals surface area contributed by atoms with Crippen molar-refractivity contribution in [2.45, 2.75) is 20.3 Å². The molecule has 0 unspecified atom stereocenters. The number of benzene rings is 1. The molecule has 27 heavy (non-hydrogen) atoms. The first-order chi connectivity index (χ1) is 12.9. The lowest BCUT2D eigenvalue weighted by molar-refractivity contribution is -0.125. The number of halogens is 1. The fourth-order valence-electron chi connectivity index (χ4n) is 2.21. The number of aryl methyl sites for hydroxylation is 2. The number of nitrogens with zero attached hydrogens (tertiary/aromatic N) is 1. The van der Waals surface area contributed by atoms with E-state index in [1.165, 1.54) is 19.2 Å². The normalized spacial score (nSPS) is 10.2. The minimum atomic E-state index is -0.733. The van der Waals surface area contributed by atoms with E-state index in [0.717, 1.165) is 0 Å². The number of nitrogens with one attached hydrogen (secondary N) is 2. The maximum absolute atomic E-state index is 12.1. The highest BCUT2D eigenvalue weighted by molar-refractivity contribution is 6.31. The maximum atomic E-state index is 12.1. The lowest BCUT2D eigenvalue weighted by Crippen LogP contribution is -2.43. The molecule has 0 bridgehead atoms. The van der Waals surface area contributed by atoms with Crippen molar-refractivity contribution in [3.63, 3.8) is 0 Å². The number of rotatable bonds is 6. The summed E-state index contributed by atoms with van der Waals surface area (Å²) in [4.78, 5) is 36.0. The largest absolute Gasteiger partial charge is 0.496 e. The lowest BCUT2D eigenvalue weighted by atomic mass is 10.1. The van der Waals surface area contributed by atoms with E-state index >= 15 is 0 Å². The minimum absolute atomic E-state index is 0.134. The summed E-state index contributed by atoms with van der Waals surface area (Å²) >= 11 is 5.86. The van der Waals surface area contributed by atoms with Crippen molar-refractivity contribution in [2.24, 2.45) is 0 Å². The monoisotopic (exact) mass is 395 g/mol. The molecule has 2 N–H and O–H groups in total. The number of ether oxygens (including phenoxy) is 2. The molecule has 10 heteroatoms. The van der Waals surface area contributed by atoms with Crippen molar-refractivity contribution in [3.8, 4) is 5.75 Å². The van der Waals surface area contributed by atoms with E-state index in [1.54, 1.807) is 19.9 Å². The van der Waals surface area contributed by atoms with Crippen molar-refractivity contribution >= 4 is 29.4 Å². The van der Waals surface area contributed by atoms with Gasteiger partial charge < -0.3 is 14.0 Å². The molecule has 144 valence electrons. The van der Waals surface area contributed by atoms with E-state index in [9.17, 15) is 14.4 Å². The molecule has 0 atom stereocenters. The molecule has 1 heterocycles. The van der Waals surface area contributed by atoms with Crippen LogP contribution in [0.25, 0.3) is 0 Å². The van der Waals surface area contributed by atoms with Crippen LogP contribution >= 0.6 is 11.6 Å². The number of esters is 1. The van der Waals surface area contributed by atoms with E-state index in [4.69, 9.17) is 25.6 Å². The van der Waals surface area contributed by atoms with E-state index in [0.29, 0.717) is 22.9 Å². The molecular weight excluding hydrogens is 378 g/mol. The third kappa shape index (κ3) is 4.98. The average molecular weight is 396 g/mol. The topological polar surface area (TPSA) is 120 Å². The van der Waals surface area contributed by atoms with Crippen molar-refractivity contribution < 1.29 is 28.4 Å². The van der Waals surface area contributed by atoms with Crippen LogP contribution in [-0.2, 0) is 16.0 Å². The number of hydrogen-bond acceptors (Lipinski definition) is 7. The molecule has 1 aromatic heterocycles. The summed E-state index contributed by atoms with van der Waals surface area (Å²) in [5, 5.41) is 4.07. The van der Waals surface area contributed by atoms with Crippen molar-refractivity contribution in [1.82, 2.24) is 16.0 Å². The summed E-state index contributed by atoms with van der Waals surface area (Å²) < 4.78 is 14.9. The zero-order chi connectivity index (χ0) is 20.0. The Kier molecular flexibility index (Phi) is 6.78. The van der Waals surface area contributed by atoms with E-state index in [2.05, 4.69) is 16.0 Å². The molecule has 9 nitrogen and oxygen atoms in total. The molecule has 0 radical (unpaired) electrons. The van der Waals surface area contributed by atoms with Gasteiger partial charge in [-0.25, -0.2) is 4.79 Å². The summed E-state index contributed by atoms with van der Waals surface area (Å²) in [6.45, 7) is 2.78. The van der Waals surface area contributed by atoms with Gasteiger partial charge in [-0.3, -0.25) is 20.4 Å². The molecule has 0 spiro atoms. The van der Waals surface area contributed by atoms with E-state index in [-0.39, 0.29) is 16.9 Å². The first kappa shape index (κ1) is 20.2. The minimum Gasteiger partial charge on any atom is -0.496 e. The smallest absolute Gasteiger partial charge is 0.344 e. The van der Waals surface area contributed by atoms with E-state index < -0.39 is 24.4 Å². The summed E-state index contributed by atoms with van der Waals surface area (Å²) in [7, 11) is 1.40. The quantitative estimate of drug-likeness (QED) is 0.565. The molecule has 0 aliphatic heterocycles. The second-order valence-electron chi connectivity index (χ2n) is 5.34. The Bertz CT molecular complexity index is 864. The van der Waals surface area contributed by atoms with Gasteiger partial charge in [-0.15, -0.1) is 0 Å². The summed E-state index contributed by atoms with van der Waals surface area (Å²) in [5.41, 5.74) is 5.11. The van der Waals surface area contributed by atoms with Gasteiger partial charge in [-0.2, -0.15) is 0 Å². The van der Waals surface area contributed by atoms with Crippen LogP contribution in [-0.4, -0.2) is 36.7 Å². The van der Waals surface area contributed by atoms with Crippen LogP contribution in [0.15, 0.2) is 22.7 Å². The molecule has 0 saturated heterocycles. The molecule has 1 aromatic carbocycles. The van der Waals surface area contributed by atoms with Gasteiger partial charge in [0.25, 0.3) is 11.8 Å². The van der Waals surface area contributed by atoms with Crippen molar-refractivity contribution in [3.05, 3.63) is 45.8 Å². The summed E-state index contributed by atoms with van der Waals surface area (Å²) in [6, 6.07) is 4.47. The molecule has 0 fully saturated rings. The molecular formula is C17H18ClN3O6. The number of methoxy groups -OCH3 is 1. The fraction of sp³-hybridized carbons (Fsp3) is 0.294. The Morgan fingerprint density at radius 2 is 2.00 bits per heavy atom. The summed E-state index contributed by atoms with van der Waals surface area (Å²) in [5.74, 6) is -1.52. The number of hydrazine groups is 1. The Morgan fingerprint density at radius 3 is 2.67 bits per heavy atom. The van der Waals surface area contributed by atoms with Crippen LogP contribution in [0.5, 0.6) is 5.75 Å². The zero-order valence-corrected chi connectivity index (χ0v) is 15.7. The third-order valence-electron chi connectivity index (χ3n) is 3.53. The maximum Gasteiger partial charge on any atom is 0.344 e. The van der Waals surface area contributed by atoms with Gasteiger partial charge >= 0.3 is 5.97 Å². The number of carbonyl (C=O) groups is 3. The highest BCUT2D eigenvalue weighted by Crippen LogP contribution is 2.22. The van der Waals surface area contributed by atoms with Crippen LogP contribution in [0.4, 0.5) is 0 Å². The standard InChI is InChI=1S/C17H18ClN3O6/c1-4-12-15(9(2)27-21-12)17(24)26-8-14(22)19-20-16(23)11-7-10(18)5-6-13(11)25-3/h5-7H,4,8H2,1-3H3,(H,19,22)(H,20,23). The second-order valence-corrected chi connectivity index (χ2v) is 5.77. The highest BCUT2D eigenvalue weighted by Gasteiger charge is 2.21. The lowest BCUT2D eigenvalue weighted by Gasteiger charge is -2.11. The first-order valence-electron chi connectivity index (χ1n) is 7.92. The SMILES string of the molecule is CCc1noc(C)c1C(=O)OCC(=O)NNC(=O)c1cc(Cl)ccc1OC. The molecule has 2 aromatic rings. The van der Waals surface area contributed by atoms with Gasteiger partial charge in [0, 0.05) is 5.02 Å². The van der Waals surface area contributed by atoms with Gasteiger partial charge in [0.15, 0.2) is 6.61 Å². The molecule has 0 saturated carbocycles. The number of hydrogen-bond donors (Lipinski definition) is 2. The van der Waals surface area contributed by atoms with Gasteiger partial charge in [0.2, 0.25) is 0 Å². The fourth-order valence-corrected chi connectivity index (χ4v) is 2.38. The molecule has 0 aliphatic carbocycles. The second kappa shape index (κ2) is 9.04. The Labute approximate surface area is 159 Å². The Balaban J connectivity index is 1.89. The van der Waals surface area contributed by atoms with Gasteiger partial charge in [0.1, 0.15) is 17.1 Å². The molecule has 0 aliphatic rings. The van der Waals surface area contributed by atoms with Crippen LogP contribution in [0.1, 0.15) is 39.1 Å². The Morgan fingerprint density at radius 1 is 1.26 bits per heavy atom. The number of aromatic nitrogens is 1. The van der Waals surface area contributed by atoms with E-state index in [1.807, 2.05) is 0 Å². The Hall–Kier alpha value is -3.07. The van der Waals surface area contributed by atoms with Crippen LogP contribution in [0.2, 0.25) is 5.02 Å². The summed E-state index contributed by atoms with van der Waals surface area (Å²) in [6.07, 6.45) is 0.478. The predicted molar refractivity (Wildman–Crippen MR) is 94.5 cm³/mol. The predicted octanol–water partition coefficient (Wildman–Crippen LogP) is 1.83. The zero-order valence-electron chi connectivity index (χ0n) is 14.9. The van der Waals surface area contributed by atoms with Crippen LogP contribution in [0, 0.1) is 6.92 Å². The molecule has 2 amide bonds. The van der Waals surface area contributed by atoms with Crippen LogP contribution < -0.4 is 15.6 Å². The average Bonchev–Trinajstić information content (AvgIpc) is 3.04. The van der Waals surface area contributed by atoms with Crippen molar-refractivity contribution in [2.75, 3.05) is 13.7 Å². The van der Waals surface area contributed by atoms with Gasteiger partial charge in [0.05, 0.1) is 18.4 Å². The number of carbonyl (C=O) groups excluding carboxylic acids is 3. The number of amides is 2. The third-order valence-corrected chi connectivity index (χ3v) is 3.76. The first-order valence-corrected chi connectivity index (χ1v) is 8.30. The van der Waals surface area contributed by atoms with Crippen LogP contribution in [0.3, 0.4) is 0 Å². The van der Waals surface area contributed by atoms with Gasteiger partial charge in [-0.05, 0) is 31.5 Å². The molecule has 2 rings (SSSR count). The van der Waals surface area contributed by atoms with Crippen molar-refractivity contribution in [1.29, 1.82) is 0 Å². The highest BCUT2D eigenvalue weighted by atomic mass is 35.5.